The quantitative estimate of drug-likeness (QED) is 0.230. The molecule has 1 N–H and O–H groups in total. The summed E-state index contributed by atoms with van der Waals surface area (Å²) in [5.41, 5.74) is -0.879. The van der Waals surface area contributed by atoms with E-state index in [1.807, 2.05) is 6.92 Å². The maximum atomic E-state index is 11.4. The number of rotatable bonds is 9. The number of ether oxygens (including phenoxy) is 2. The maximum Gasteiger partial charge on any atom is 0.510 e. The van der Waals surface area contributed by atoms with Crippen LogP contribution in [-0.4, -0.2) is 35.9 Å². The predicted octanol–water partition coefficient (Wildman–Crippen LogP) is 2.79. The minimum absolute atomic E-state index is 0.0785. The average molecular weight is 278 g/mol. The first-order valence-corrected chi connectivity index (χ1v) is 6.55. The summed E-state index contributed by atoms with van der Waals surface area (Å²) in [7, 11) is 0. The molecule has 0 fully saturated rings. The number of unbranched alkanes of at least 4 members (excludes halogenated alkanes) is 1. The topological polar surface area (TPSA) is 74.2 Å². The molecular formula is C13H26O6. The standard InChI is InChI=1S/C13H26O6/c1-6-7-9-17-19-13(4,5)18-11(14)16-10-8-12(2,3)15/h15H,6-10H2,1-5H3. The van der Waals surface area contributed by atoms with Crippen LogP contribution in [0.5, 0.6) is 0 Å². The van der Waals surface area contributed by atoms with Gasteiger partial charge in [0, 0.05) is 20.3 Å². The Balaban J connectivity index is 3.83. The molecule has 0 saturated carbocycles. The van der Waals surface area contributed by atoms with Gasteiger partial charge in [-0.1, -0.05) is 13.3 Å². The molecule has 0 aliphatic heterocycles. The molecule has 0 bridgehead atoms. The molecule has 19 heavy (non-hydrogen) atoms. The van der Waals surface area contributed by atoms with E-state index in [1.165, 1.54) is 0 Å². The van der Waals surface area contributed by atoms with E-state index in [4.69, 9.17) is 19.2 Å². The third kappa shape index (κ3) is 11.9. The smallest absolute Gasteiger partial charge is 0.434 e. The Morgan fingerprint density at radius 2 is 1.79 bits per heavy atom. The summed E-state index contributed by atoms with van der Waals surface area (Å²) in [6, 6.07) is 0. The Bertz CT molecular complexity index is 256. The van der Waals surface area contributed by atoms with Crippen LogP contribution in [0.4, 0.5) is 4.79 Å². The van der Waals surface area contributed by atoms with Gasteiger partial charge in [-0.2, -0.15) is 4.89 Å². The first-order valence-electron chi connectivity index (χ1n) is 6.55. The van der Waals surface area contributed by atoms with E-state index in [-0.39, 0.29) is 6.61 Å². The zero-order valence-electron chi connectivity index (χ0n) is 12.5. The molecule has 0 amide bonds. The maximum absolute atomic E-state index is 11.4. The lowest BCUT2D eigenvalue weighted by Gasteiger charge is -2.23. The fourth-order valence-corrected chi connectivity index (χ4v) is 1.02. The summed E-state index contributed by atoms with van der Waals surface area (Å²) in [5.74, 6) is -1.21. The van der Waals surface area contributed by atoms with E-state index < -0.39 is 17.5 Å². The Labute approximate surface area is 114 Å². The number of aliphatic hydroxyl groups is 1. The largest absolute Gasteiger partial charge is 0.510 e. The van der Waals surface area contributed by atoms with Crippen LogP contribution in [0.2, 0.25) is 0 Å². The van der Waals surface area contributed by atoms with Gasteiger partial charge in [-0.25, -0.2) is 9.68 Å². The summed E-state index contributed by atoms with van der Waals surface area (Å²) in [5, 5.41) is 9.45. The molecule has 0 aromatic heterocycles. The molecule has 0 heterocycles. The Morgan fingerprint density at radius 3 is 2.32 bits per heavy atom. The molecule has 0 unspecified atom stereocenters. The highest BCUT2D eigenvalue weighted by Gasteiger charge is 2.26. The summed E-state index contributed by atoms with van der Waals surface area (Å²) in [6.07, 6.45) is 1.33. The van der Waals surface area contributed by atoms with E-state index in [2.05, 4.69) is 0 Å². The molecule has 0 atom stereocenters. The molecular weight excluding hydrogens is 252 g/mol. The minimum atomic E-state index is -1.21. The third-order valence-corrected chi connectivity index (χ3v) is 2.10. The van der Waals surface area contributed by atoms with Gasteiger partial charge >= 0.3 is 6.16 Å². The first-order chi connectivity index (χ1) is 8.66. The van der Waals surface area contributed by atoms with Crippen molar-refractivity contribution < 1.29 is 29.1 Å². The SMILES string of the molecule is CCCCOOC(C)(C)OC(=O)OCCC(C)(C)O. The molecule has 0 spiro atoms. The highest BCUT2D eigenvalue weighted by atomic mass is 17.2. The van der Waals surface area contributed by atoms with Crippen LogP contribution in [0.15, 0.2) is 0 Å². The van der Waals surface area contributed by atoms with Crippen molar-refractivity contribution in [1.82, 2.24) is 0 Å². The predicted molar refractivity (Wildman–Crippen MR) is 69.4 cm³/mol. The molecule has 0 aromatic rings. The van der Waals surface area contributed by atoms with Gasteiger partial charge in [0.1, 0.15) is 0 Å². The van der Waals surface area contributed by atoms with Crippen LogP contribution in [0.25, 0.3) is 0 Å². The molecule has 0 radical (unpaired) electrons. The second-order valence-electron chi connectivity index (χ2n) is 5.42. The molecule has 114 valence electrons. The Morgan fingerprint density at radius 1 is 1.16 bits per heavy atom. The van der Waals surface area contributed by atoms with Crippen molar-refractivity contribution in [3.63, 3.8) is 0 Å². The van der Waals surface area contributed by atoms with Gasteiger partial charge in [-0.3, -0.25) is 0 Å². The second kappa shape index (κ2) is 8.35. The van der Waals surface area contributed by atoms with Crippen LogP contribution < -0.4 is 0 Å². The molecule has 6 nitrogen and oxygen atoms in total. The van der Waals surface area contributed by atoms with E-state index in [1.54, 1.807) is 27.7 Å². The first kappa shape index (κ1) is 18.1. The van der Waals surface area contributed by atoms with Crippen molar-refractivity contribution in [3.8, 4) is 0 Å². The zero-order chi connectivity index (χ0) is 14.9. The number of hydrogen-bond donors (Lipinski definition) is 1. The normalized spacial score (nSPS) is 12.3. The molecule has 0 saturated heterocycles. The van der Waals surface area contributed by atoms with Crippen molar-refractivity contribution in [3.05, 3.63) is 0 Å². The van der Waals surface area contributed by atoms with Crippen LogP contribution >= 0.6 is 0 Å². The highest BCUT2D eigenvalue weighted by Crippen LogP contribution is 2.14. The summed E-state index contributed by atoms with van der Waals surface area (Å²) >= 11 is 0. The van der Waals surface area contributed by atoms with E-state index in [9.17, 15) is 9.90 Å². The summed E-state index contributed by atoms with van der Waals surface area (Å²) < 4.78 is 9.77. The number of hydrogen-bond acceptors (Lipinski definition) is 6. The van der Waals surface area contributed by atoms with Gasteiger partial charge in [-0.05, 0) is 20.3 Å². The van der Waals surface area contributed by atoms with Crippen LogP contribution in [0, 0.1) is 0 Å². The molecule has 0 aliphatic rings. The second-order valence-corrected chi connectivity index (χ2v) is 5.42. The monoisotopic (exact) mass is 278 g/mol. The van der Waals surface area contributed by atoms with Crippen LogP contribution in [0.3, 0.4) is 0 Å². The molecule has 6 heteroatoms. The van der Waals surface area contributed by atoms with Gasteiger partial charge in [0.25, 0.3) is 0 Å². The van der Waals surface area contributed by atoms with Crippen molar-refractivity contribution in [2.24, 2.45) is 0 Å². The van der Waals surface area contributed by atoms with E-state index in [0.717, 1.165) is 12.8 Å². The van der Waals surface area contributed by atoms with Crippen molar-refractivity contribution in [2.45, 2.75) is 65.3 Å². The zero-order valence-corrected chi connectivity index (χ0v) is 12.5. The van der Waals surface area contributed by atoms with Gasteiger partial charge in [0.15, 0.2) is 0 Å². The van der Waals surface area contributed by atoms with Crippen LogP contribution in [0.1, 0.15) is 53.9 Å². The lowest BCUT2D eigenvalue weighted by atomic mass is 10.1. The lowest BCUT2D eigenvalue weighted by molar-refractivity contribution is -0.407. The van der Waals surface area contributed by atoms with Gasteiger partial charge < -0.3 is 14.6 Å². The summed E-state index contributed by atoms with van der Waals surface area (Å²) in [6.45, 7) is 8.93. The van der Waals surface area contributed by atoms with Crippen LogP contribution in [-0.2, 0) is 19.2 Å². The minimum Gasteiger partial charge on any atom is -0.434 e. The average Bonchev–Trinajstić information content (AvgIpc) is 2.21. The van der Waals surface area contributed by atoms with E-state index >= 15 is 0 Å². The van der Waals surface area contributed by atoms with Crippen molar-refractivity contribution >= 4 is 6.16 Å². The van der Waals surface area contributed by atoms with Gasteiger partial charge in [-0.15, -0.1) is 0 Å². The number of carbonyl (C=O) groups is 1. The van der Waals surface area contributed by atoms with Crippen molar-refractivity contribution in [1.29, 1.82) is 0 Å². The lowest BCUT2D eigenvalue weighted by Crippen LogP contribution is -2.32. The highest BCUT2D eigenvalue weighted by molar-refractivity contribution is 5.60. The fraction of sp³-hybridized carbons (Fsp3) is 0.923. The third-order valence-electron chi connectivity index (χ3n) is 2.10. The van der Waals surface area contributed by atoms with Gasteiger partial charge in [0.05, 0.1) is 18.8 Å². The van der Waals surface area contributed by atoms with Gasteiger partial charge in [0.2, 0.25) is 5.79 Å². The van der Waals surface area contributed by atoms with Crippen molar-refractivity contribution in [2.75, 3.05) is 13.2 Å². The Kier molecular flexibility index (Phi) is 7.97. The summed E-state index contributed by atoms with van der Waals surface area (Å²) in [4.78, 5) is 21.3. The fourth-order valence-electron chi connectivity index (χ4n) is 1.02. The molecule has 0 aromatic carbocycles. The molecule has 0 aliphatic carbocycles. The Hall–Kier alpha value is -0.850. The molecule has 0 rings (SSSR count). The van der Waals surface area contributed by atoms with E-state index in [0.29, 0.717) is 13.0 Å². The number of carbonyl (C=O) groups excluding carboxylic acids is 1.